The molecule has 0 radical (unpaired) electrons. The highest BCUT2D eigenvalue weighted by molar-refractivity contribution is 6.05. The molecule has 36 heavy (non-hydrogen) atoms. The number of hydrogen-bond donors (Lipinski definition) is 3. The maximum Gasteiger partial charge on any atom is 0.168 e. The van der Waals surface area contributed by atoms with Crippen molar-refractivity contribution in [1.82, 2.24) is 5.32 Å². The Hall–Kier alpha value is -2.12. The summed E-state index contributed by atoms with van der Waals surface area (Å²) in [7, 11) is 0. The number of Topliss-reactive ketones (excluding diaryl/α,β-unsaturated/α-hetero) is 3. The minimum atomic E-state index is -1.39. The van der Waals surface area contributed by atoms with Gasteiger partial charge in [-0.1, -0.05) is 33.3 Å². The first-order valence-electron chi connectivity index (χ1n) is 13.4. The predicted molar refractivity (Wildman–Crippen MR) is 132 cm³/mol. The molecule has 196 valence electrons. The van der Waals surface area contributed by atoms with Crippen LogP contribution in [0.5, 0.6) is 0 Å². The quantitative estimate of drug-likeness (QED) is 0.440. The van der Waals surface area contributed by atoms with E-state index in [0.29, 0.717) is 31.4 Å². The lowest BCUT2D eigenvalue weighted by Gasteiger charge is -2.66. The SMILES string of the molecule is CC1=CC(=O)[C@H]2CC(=O)[C@H]3[C@](C)([C@@H]2C1)[C@@H](O)C(=O)[C@@]1(C)C/C(=C2\C[C@@H](C)C[C@@H](O)CN2)C(=O)C[C@@]31C. The number of nitrogens with one attached hydrogen (secondary N) is 1. The van der Waals surface area contributed by atoms with Gasteiger partial charge in [0.2, 0.25) is 0 Å². The Labute approximate surface area is 212 Å². The van der Waals surface area contributed by atoms with Gasteiger partial charge in [0.25, 0.3) is 0 Å². The zero-order valence-corrected chi connectivity index (χ0v) is 22.0. The van der Waals surface area contributed by atoms with Gasteiger partial charge in [-0.05, 0) is 55.9 Å². The van der Waals surface area contributed by atoms with Crippen molar-refractivity contribution in [1.29, 1.82) is 0 Å². The number of ketones is 4. The number of aliphatic hydroxyl groups excluding tert-OH is 2. The molecule has 4 aliphatic carbocycles. The molecule has 9 atom stereocenters. The van der Waals surface area contributed by atoms with Crippen molar-refractivity contribution in [2.75, 3.05) is 6.54 Å². The lowest BCUT2D eigenvalue weighted by Crippen LogP contribution is -2.73. The van der Waals surface area contributed by atoms with Crippen LogP contribution in [0.1, 0.15) is 73.1 Å². The first kappa shape index (κ1) is 25.5. The summed E-state index contributed by atoms with van der Waals surface area (Å²) in [5.41, 5.74) is -0.939. The monoisotopic (exact) mass is 497 g/mol. The Morgan fingerprint density at radius 2 is 1.69 bits per heavy atom. The van der Waals surface area contributed by atoms with E-state index in [4.69, 9.17) is 0 Å². The summed E-state index contributed by atoms with van der Waals surface area (Å²) in [5.74, 6) is -1.98. The van der Waals surface area contributed by atoms with Gasteiger partial charge in [-0.25, -0.2) is 0 Å². The van der Waals surface area contributed by atoms with E-state index in [1.54, 1.807) is 13.0 Å². The molecule has 0 bridgehead atoms. The predicted octanol–water partition coefficient (Wildman–Crippen LogP) is 2.69. The second kappa shape index (κ2) is 8.19. The molecule has 0 amide bonds. The molecular weight excluding hydrogens is 458 g/mol. The highest BCUT2D eigenvalue weighted by Gasteiger charge is 2.74. The molecule has 3 N–H and O–H groups in total. The summed E-state index contributed by atoms with van der Waals surface area (Å²) in [5, 5.41) is 25.1. The van der Waals surface area contributed by atoms with Crippen LogP contribution in [0, 0.1) is 39.9 Å². The van der Waals surface area contributed by atoms with Gasteiger partial charge in [-0.2, -0.15) is 0 Å². The molecule has 7 heteroatoms. The minimum absolute atomic E-state index is 0.0472. The number of aliphatic hydroxyl groups is 2. The Bertz CT molecular complexity index is 1120. The maximum absolute atomic E-state index is 14.2. The van der Waals surface area contributed by atoms with E-state index in [1.807, 2.05) is 27.7 Å². The molecule has 4 fully saturated rings. The minimum Gasteiger partial charge on any atom is -0.391 e. The van der Waals surface area contributed by atoms with Gasteiger partial charge in [0.15, 0.2) is 17.3 Å². The highest BCUT2D eigenvalue weighted by atomic mass is 16.3. The Balaban J connectivity index is 1.61. The van der Waals surface area contributed by atoms with Crippen LogP contribution in [0.25, 0.3) is 0 Å². The average molecular weight is 498 g/mol. The fourth-order valence-electron chi connectivity index (χ4n) is 8.75. The number of β-amino-alcohol motifs (C(OH)–C–C–N with tert-alkyl or cyclic N) is 1. The lowest BCUT2D eigenvalue weighted by atomic mass is 9.35. The van der Waals surface area contributed by atoms with E-state index >= 15 is 0 Å². The molecule has 5 aliphatic rings. The molecule has 1 heterocycles. The van der Waals surface area contributed by atoms with Gasteiger partial charge < -0.3 is 15.5 Å². The summed E-state index contributed by atoms with van der Waals surface area (Å²) in [6.07, 6.45) is 1.81. The lowest BCUT2D eigenvalue weighted by molar-refractivity contribution is -0.214. The van der Waals surface area contributed by atoms with Crippen LogP contribution < -0.4 is 5.32 Å². The average Bonchev–Trinajstić information content (AvgIpc) is 2.95. The molecule has 1 aliphatic heterocycles. The first-order valence-corrected chi connectivity index (χ1v) is 13.4. The van der Waals surface area contributed by atoms with Crippen molar-refractivity contribution in [3.63, 3.8) is 0 Å². The number of rotatable bonds is 0. The van der Waals surface area contributed by atoms with Gasteiger partial charge in [-0.3, -0.25) is 19.2 Å². The van der Waals surface area contributed by atoms with E-state index in [0.717, 1.165) is 11.3 Å². The zero-order valence-electron chi connectivity index (χ0n) is 22.0. The second-order valence-corrected chi connectivity index (χ2v) is 13.1. The van der Waals surface area contributed by atoms with Crippen molar-refractivity contribution >= 4 is 23.1 Å². The Kier molecular flexibility index (Phi) is 5.81. The third kappa shape index (κ3) is 3.31. The number of fused-ring (bicyclic) bond motifs is 5. The molecule has 1 saturated heterocycles. The van der Waals surface area contributed by atoms with Crippen molar-refractivity contribution < 1.29 is 29.4 Å². The van der Waals surface area contributed by atoms with Gasteiger partial charge in [-0.15, -0.1) is 0 Å². The van der Waals surface area contributed by atoms with Gasteiger partial charge >= 0.3 is 0 Å². The maximum atomic E-state index is 14.2. The zero-order chi connectivity index (χ0) is 26.4. The van der Waals surface area contributed by atoms with Crippen LogP contribution in [0.3, 0.4) is 0 Å². The third-order valence-corrected chi connectivity index (χ3v) is 10.8. The van der Waals surface area contributed by atoms with Crippen LogP contribution in [0.15, 0.2) is 22.9 Å². The van der Waals surface area contributed by atoms with Gasteiger partial charge in [0.05, 0.1) is 6.10 Å². The van der Waals surface area contributed by atoms with E-state index in [-0.39, 0.29) is 54.2 Å². The summed E-state index contributed by atoms with van der Waals surface area (Å²) >= 11 is 0. The number of carbonyl (C=O) groups excluding carboxylic acids is 4. The molecule has 0 unspecified atom stereocenters. The molecule has 7 nitrogen and oxygen atoms in total. The smallest absolute Gasteiger partial charge is 0.168 e. The molecule has 0 aromatic rings. The Morgan fingerprint density at radius 3 is 2.39 bits per heavy atom. The Morgan fingerprint density at radius 1 is 1.00 bits per heavy atom. The van der Waals surface area contributed by atoms with Crippen molar-refractivity contribution in [2.24, 2.45) is 39.9 Å². The third-order valence-electron chi connectivity index (χ3n) is 10.8. The summed E-state index contributed by atoms with van der Waals surface area (Å²) in [6.45, 7) is 9.78. The normalized spacial score (nSPS) is 49.4. The topological polar surface area (TPSA) is 121 Å². The molecule has 5 rings (SSSR count). The molecule has 0 spiro atoms. The molecule has 0 aromatic heterocycles. The van der Waals surface area contributed by atoms with Crippen LogP contribution in [-0.2, 0) is 19.2 Å². The number of hydrogen-bond acceptors (Lipinski definition) is 7. The highest BCUT2D eigenvalue weighted by Crippen LogP contribution is 2.69. The first-order chi connectivity index (χ1) is 16.7. The van der Waals surface area contributed by atoms with Crippen molar-refractivity contribution in [2.45, 2.75) is 85.4 Å². The van der Waals surface area contributed by atoms with Crippen molar-refractivity contribution in [3.8, 4) is 0 Å². The fourth-order valence-corrected chi connectivity index (χ4v) is 8.75. The summed E-state index contributed by atoms with van der Waals surface area (Å²) < 4.78 is 0. The summed E-state index contributed by atoms with van der Waals surface area (Å²) in [4.78, 5) is 54.6. The standard InChI is InChI=1S/C29H39NO6/c1-14-6-16(31)13-30-20(8-14)18-11-28(4)25(35)26(36)29(5)19-7-15(2)9-21(32)17(19)10-22(33)24(29)27(28,3)12-23(18)34/h9,14,16-17,19,24,26,30-31,36H,6-8,10-13H2,1-5H3/b20-18-/t14-,16+,17-,19+,24+,26-,27-,28+,29-/m0/s1. The summed E-state index contributed by atoms with van der Waals surface area (Å²) in [6, 6.07) is 0. The van der Waals surface area contributed by atoms with Crippen LogP contribution >= 0.6 is 0 Å². The van der Waals surface area contributed by atoms with Gasteiger partial charge in [0, 0.05) is 53.3 Å². The molecular formula is C29H39NO6. The number of allylic oxidation sites excluding steroid dienone is 4. The van der Waals surface area contributed by atoms with Crippen LogP contribution in [0.2, 0.25) is 0 Å². The van der Waals surface area contributed by atoms with E-state index < -0.39 is 40.3 Å². The van der Waals surface area contributed by atoms with Crippen LogP contribution in [-0.4, -0.2) is 52.1 Å². The van der Waals surface area contributed by atoms with Crippen LogP contribution in [0.4, 0.5) is 0 Å². The van der Waals surface area contributed by atoms with E-state index in [2.05, 4.69) is 5.32 Å². The second-order valence-electron chi connectivity index (χ2n) is 13.1. The van der Waals surface area contributed by atoms with Gasteiger partial charge in [0.1, 0.15) is 11.9 Å². The van der Waals surface area contributed by atoms with Crippen molar-refractivity contribution in [3.05, 3.63) is 22.9 Å². The fraction of sp³-hybridized carbons (Fsp3) is 0.724. The molecule has 3 saturated carbocycles. The van der Waals surface area contributed by atoms with E-state index in [9.17, 15) is 29.4 Å². The largest absolute Gasteiger partial charge is 0.391 e. The molecule has 0 aromatic carbocycles. The number of carbonyl (C=O) groups is 4. The van der Waals surface area contributed by atoms with E-state index in [1.165, 1.54) is 0 Å².